The van der Waals surface area contributed by atoms with Gasteiger partial charge in [0, 0.05) is 24.8 Å². The second-order valence-electron chi connectivity index (χ2n) is 7.15. The number of likely N-dealkylation sites (N-methyl/N-ethyl adjacent to an activating group) is 1. The molecule has 0 N–H and O–H groups in total. The third-order valence-corrected chi connectivity index (χ3v) is 5.36. The summed E-state index contributed by atoms with van der Waals surface area (Å²) in [5, 5.41) is 9.71. The first-order valence-corrected chi connectivity index (χ1v) is 10.1. The SMILES string of the molecule is CCCN(C)CC(CC)N(Cc1ccccc1C)c1ccc(C#N)c(Cl)c1. The summed E-state index contributed by atoms with van der Waals surface area (Å²) < 4.78 is 0. The maximum atomic E-state index is 9.20. The molecule has 0 radical (unpaired) electrons. The van der Waals surface area contributed by atoms with E-state index in [9.17, 15) is 5.26 Å². The number of rotatable bonds is 9. The van der Waals surface area contributed by atoms with Crippen molar-refractivity contribution in [1.29, 1.82) is 5.26 Å². The predicted molar refractivity (Wildman–Crippen MR) is 115 cm³/mol. The van der Waals surface area contributed by atoms with Gasteiger partial charge in [0.2, 0.25) is 0 Å². The molecule has 0 heterocycles. The highest BCUT2D eigenvalue weighted by molar-refractivity contribution is 6.32. The molecule has 0 bridgehead atoms. The predicted octanol–water partition coefficient (Wildman–Crippen LogP) is 5.65. The van der Waals surface area contributed by atoms with Crippen molar-refractivity contribution in [2.75, 3.05) is 25.0 Å². The summed E-state index contributed by atoms with van der Waals surface area (Å²) in [6.45, 7) is 9.51. The molecule has 144 valence electrons. The van der Waals surface area contributed by atoms with Gasteiger partial charge in [0.25, 0.3) is 0 Å². The summed E-state index contributed by atoms with van der Waals surface area (Å²) in [6, 6.07) is 16.8. The maximum absolute atomic E-state index is 9.20. The number of nitrogens with zero attached hydrogens (tertiary/aromatic N) is 3. The molecule has 1 unspecified atom stereocenters. The van der Waals surface area contributed by atoms with Gasteiger partial charge in [-0.25, -0.2) is 0 Å². The van der Waals surface area contributed by atoms with E-state index in [1.807, 2.05) is 18.2 Å². The van der Waals surface area contributed by atoms with E-state index in [0.717, 1.165) is 38.2 Å². The minimum Gasteiger partial charge on any atom is -0.363 e. The van der Waals surface area contributed by atoms with Crippen molar-refractivity contribution in [2.45, 2.75) is 46.2 Å². The second kappa shape index (κ2) is 10.3. The number of anilines is 1. The third kappa shape index (κ3) is 5.73. The van der Waals surface area contributed by atoms with Crippen LogP contribution in [-0.2, 0) is 6.54 Å². The van der Waals surface area contributed by atoms with Crippen LogP contribution in [0.4, 0.5) is 5.69 Å². The van der Waals surface area contributed by atoms with E-state index in [2.05, 4.69) is 68.0 Å². The van der Waals surface area contributed by atoms with Crippen LogP contribution in [0.25, 0.3) is 0 Å². The Morgan fingerprint density at radius 3 is 2.48 bits per heavy atom. The molecule has 0 saturated heterocycles. The fraction of sp³-hybridized carbons (Fsp3) is 0.435. The molecule has 0 aliphatic heterocycles. The molecule has 0 amide bonds. The average Bonchev–Trinajstić information content (AvgIpc) is 2.66. The van der Waals surface area contributed by atoms with Crippen LogP contribution in [0.3, 0.4) is 0 Å². The molecule has 1 atom stereocenters. The van der Waals surface area contributed by atoms with Crippen LogP contribution in [-0.4, -0.2) is 31.1 Å². The van der Waals surface area contributed by atoms with Gasteiger partial charge in [0.15, 0.2) is 0 Å². The zero-order valence-electron chi connectivity index (χ0n) is 16.9. The van der Waals surface area contributed by atoms with Crippen molar-refractivity contribution >= 4 is 17.3 Å². The molecule has 2 rings (SSSR count). The van der Waals surface area contributed by atoms with Crippen molar-refractivity contribution in [2.24, 2.45) is 0 Å². The molecule has 2 aromatic carbocycles. The van der Waals surface area contributed by atoms with Crippen LogP contribution in [0.2, 0.25) is 5.02 Å². The Bertz CT molecular complexity index is 781. The van der Waals surface area contributed by atoms with E-state index in [-0.39, 0.29) is 0 Å². The summed E-state index contributed by atoms with van der Waals surface area (Å²) in [5.74, 6) is 0. The van der Waals surface area contributed by atoms with Gasteiger partial charge in [-0.15, -0.1) is 0 Å². The molecule has 0 fully saturated rings. The first-order valence-electron chi connectivity index (χ1n) is 9.69. The van der Waals surface area contributed by atoms with Gasteiger partial charge in [-0.2, -0.15) is 5.26 Å². The van der Waals surface area contributed by atoms with E-state index in [4.69, 9.17) is 11.6 Å². The number of halogens is 1. The van der Waals surface area contributed by atoms with E-state index >= 15 is 0 Å². The minimum atomic E-state index is 0.366. The molecule has 2 aromatic rings. The topological polar surface area (TPSA) is 30.3 Å². The van der Waals surface area contributed by atoms with E-state index in [1.165, 1.54) is 11.1 Å². The smallest absolute Gasteiger partial charge is 0.101 e. The molecule has 0 aliphatic rings. The Kier molecular flexibility index (Phi) is 8.16. The quantitative estimate of drug-likeness (QED) is 0.560. The Hall–Kier alpha value is -2.02. The van der Waals surface area contributed by atoms with E-state index < -0.39 is 0 Å². The van der Waals surface area contributed by atoms with Crippen LogP contribution >= 0.6 is 11.6 Å². The molecule has 0 aliphatic carbocycles. The molecule has 27 heavy (non-hydrogen) atoms. The largest absolute Gasteiger partial charge is 0.363 e. The van der Waals surface area contributed by atoms with Gasteiger partial charge in [0.1, 0.15) is 6.07 Å². The fourth-order valence-electron chi connectivity index (χ4n) is 3.46. The molecule has 0 spiro atoms. The molecule has 0 saturated carbocycles. The summed E-state index contributed by atoms with van der Waals surface area (Å²) in [5.41, 5.74) is 4.19. The maximum Gasteiger partial charge on any atom is 0.101 e. The average molecular weight is 384 g/mol. The lowest BCUT2D eigenvalue weighted by atomic mass is 10.0. The van der Waals surface area contributed by atoms with Crippen molar-refractivity contribution in [3.63, 3.8) is 0 Å². The molecule has 4 heteroatoms. The lowest BCUT2D eigenvalue weighted by Crippen LogP contribution is -2.43. The van der Waals surface area contributed by atoms with Gasteiger partial charge < -0.3 is 9.80 Å². The highest BCUT2D eigenvalue weighted by Gasteiger charge is 2.21. The van der Waals surface area contributed by atoms with Crippen molar-refractivity contribution < 1.29 is 0 Å². The van der Waals surface area contributed by atoms with Crippen LogP contribution in [0.5, 0.6) is 0 Å². The van der Waals surface area contributed by atoms with E-state index in [1.54, 1.807) is 0 Å². The number of hydrogen-bond acceptors (Lipinski definition) is 3. The Labute approximate surface area is 169 Å². The van der Waals surface area contributed by atoms with Gasteiger partial charge in [0.05, 0.1) is 10.6 Å². The number of benzene rings is 2. The molecular weight excluding hydrogens is 354 g/mol. The van der Waals surface area contributed by atoms with Gasteiger partial charge in [-0.3, -0.25) is 0 Å². The lowest BCUT2D eigenvalue weighted by molar-refractivity contribution is 0.300. The summed E-state index contributed by atoms with van der Waals surface area (Å²) in [7, 11) is 2.18. The normalized spacial score (nSPS) is 12.0. The first kappa shape index (κ1) is 21.3. The second-order valence-corrected chi connectivity index (χ2v) is 7.56. The number of nitriles is 1. The molecule has 0 aromatic heterocycles. The summed E-state index contributed by atoms with van der Waals surface area (Å²) in [4.78, 5) is 4.83. The fourth-order valence-corrected chi connectivity index (χ4v) is 3.67. The number of hydrogen-bond donors (Lipinski definition) is 0. The van der Waals surface area contributed by atoms with Gasteiger partial charge in [-0.1, -0.05) is 49.7 Å². The Morgan fingerprint density at radius 1 is 1.15 bits per heavy atom. The number of aryl methyl sites for hydroxylation is 1. The molecule has 3 nitrogen and oxygen atoms in total. The third-order valence-electron chi connectivity index (χ3n) is 5.05. The van der Waals surface area contributed by atoms with Crippen molar-refractivity contribution in [1.82, 2.24) is 4.90 Å². The zero-order chi connectivity index (χ0) is 19.8. The summed E-state index contributed by atoms with van der Waals surface area (Å²) in [6.07, 6.45) is 2.19. The van der Waals surface area contributed by atoms with E-state index in [0.29, 0.717) is 16.6 Å². The van der Waals surface area contributed by atoms with Gasteiger partial charge in [-0.05, 0) is 62.7 Å². The van der Waals surface area contributed by atoms with Crippen LogP contribution in [0, 0.1) is 18.3 Å². The zero-order valence-corrected chi connectivity index (χ0v) is 17.6. The highest BCUT2D eigenvalue weighted by atomic mass is 35.5. The standard InChI is InChI=1S/C23H30ClN3/c1-5-13-26(4)17-21(6-2)27(16-20-10-8-7-9-18(20)3)22-12-11-19(15-25)23(24)14-22/h7-12,14,21H,5-6,13,16-17H2,1-4H3. The lowest BCUT2D eigenvalue weighted by Gasteiger charge is -2.36. The van der Waals surface area contributed by atoms with Crippen molar-refractivity contribution in [3.05, 3.63) is 64.2 Å². The summed E-state index contributed by atoms with van der Waals surface area (Å²) >= 11 is 6.35. The Balaban J connectivity index is 2.39. The Morgan fingerprint density at radius 2 is 1.89 bits per heavy atom. The molecular formula is C23H30ClN3. The van der Waals surface area contributed by atoms with Gasteiger partial charge >= 0.3 is 0 Å². The monoisotopic (exact) mass is 383 g/mol. The highest BCUT2D eigenvalue weighted by Crippen LogP contribution is 2.28. The minimum absolute atomic E-state index is 0.366. The van der Waals surface area contributed by atoms with Crippen LogP contribution in [0.1, 0.15) is 43.4 Å². The first-order chi connectivity index (χ1) is 13.0. The van der Waals surface area contributed by atoms with Crippen LogP contribution in [0.15, 0.2) is 42.5 Å². The van der Waals surface area contributed by atoms with Crippen molar-refractivity contribution in [3.8, 4) is 6.07 Å². The van der Waals surface area contributed by atoms with Crippen LogP contribution < -0.4 is 4.90 Å².